The highest BCUT2D eigenvalue weighted by molar-refractivity contribution is 6.27. The average Bonchev–Trinajstić information content (AvgIpc) is 2.94. The molecule has 0 saturated heterocycles. The van der Waals surface area contributed by atoms with Crippen LogP contribution < -0.4 is 11.5 Å². The molecule has 1 aromatic heterocycles. The lowest BCUT2D eigenvalue weighted by Gasteiger charge is -2.26. The Morgan fingerprint density at radius 2 is 2.25 bits per heavy atom. The van der Waals surface area contributed by atoms with E-state index in [1.807, 2.05) is 6.07 Å². The van der Waals surface area contributed by atoms with Crippen molar-refractivity contribution in [2.24, 2.45) is 22.4 Å². The Bertz CT molecular complexity index is 514. The lowest BCUT2D eigenvalue weighted by Crippen LogP contribution is -2.27. The lowest BCUT2D eigenvalue weighted by atomic mass is 9.86. The minimum Gasteiger partial charge on any atom is -0.404 e. The summed E-state index contributed by atoms with van der Waals surface area (Å²) in [5.74, 6) is 0.456. The number of hydrogen-bond donors (Lipinski definition) is 4. The summed E-state index contributed by atoms with van der Waals surface area (Å²) in [5.41, 5.74) is 13.1. The first-order valence-corrected chi connectivity index (χ1v) is 6.97. The monoisotopic (exact) mass is 274 g/mol. The Hall–Kier alpha value is -2.11. The molecule has 6 N–H and O–H groups in total. The largest absolute Gasteiger partial charge is 0.404 e. The van der Waals surface area contributed by atoms with E-state index in [4.69, 9.17) is 21.9 Å². The summed E-state index contributed by atoms with van der Waals surface area (Å²) >= 11 is 0. The second-order valence-corrected chi connectivity index (χ2v) is 5.27. The smallest absolute Gasteiger partial charge is 0.126 e. The fourth-order valence-electron chi connectivity index (χ4n) is 2.62. The summed E-state index contributed by atoms with van der Waals surface area (Å²) in [6, 6.07) is 2.06. The number of H-pyrrole nitrogens is 1. The second-order valence-electron chi connectivity index (χ2n) is 5.27. The summed E-state index contributed by atoms with van der Waals surface area (Å²) in [7, 11) is 0. The molecule has 0 aromatic carbocycles. The van der Waals surface area contributed by atoms with Gasteiger partial charge in [-0.3, -0.25) is 15.5 Å². The maximum absolute atomic E-state index is 7.67. The van der Waals surface area contributed by atoms with Gasteiger partial charge in [0.15, 0.2) is 0 Å². The van der Waals surface area contributed by atoms with E-state index in [0.717, 1.165) is 12.1 Å². The average molecular weight is 274 g/mol. The zero-order valence-electron chi connectivity index (χ0n) is 11.8. The standard InChI is InChI=1S/C14H22N6/c1-9-4-2-3-5-11(9)19-13(10(8-15)14(16)17)12-6-7-18-20-12/h6-9,11H,2-5,15H2,1H3,(H3,16,17)(H,18,20). The third kappa shape index (κ3) is 3.07. The van der Waals surface area contributed by atoms with Gasteiger partial charge in [-0.05, 0) is 24.8 Å². The van der Waals surface area contributed by atoms with Gasteiger partial charge in [0.25, 0.3) is 0 Å². The van der Waals surface area contributed by atoms with Crippen LogP contribution in [0.2, 0.25) is 0 Å². The molecule has 0 spiro atoms. The normalized spacial score (nSPS) is 24.6. The highest BCUT2D eigenvalue weighted by Crippen LogP contribution is 2.27. The molecule has 1 aliphatic carbocycles. The Morgan fingerprint density at radius 3 is 2.80 bits per heavy atom. The highest BCUT2D eigenvalue weighted by atomic mass is 15.1. The SMILES string of the molecule is CC1CCCCC1N=C(C(=CN)C(=N)N)c1ccn[nH]1. The Morgan fingerprint density at radius 1 is 1.50 bits per heavy atom. The summed E-state index contributed by atoms with van der Waals surface area (Å²) in [6.07, 6.45) is 7.70. The highest BCUT2D eigenvalue weighted by Gasteiger charge is 2.23. The molecule has 1 saturated carbocycles. The van der Waals surface area contributed by atoms with Gasteiger partial charge < -0.3 is 11.5 Å². The van der Waals surface area contributed by atoms with Crippen LogP contribution >= 0.6 is 0 Å². The molecule has 20 heavy (non-hydrogen) atoms. The van der Waals surface area contributed by atoms with E-state index >= 15 is 0 Å². The van der Waals surface area contributed by atoms with Crippen LogP contribution in [0.3, 0.4) is 0 Å². The molecule has 2 unspecified atom stereocenters. The first kappa shape index (κ1) is 14.3. The third-order valence-corrected chi connectivity index (χ3v) is 3.83. The van der Waals surface area contributed by atoms with E-state index in [2.05, 4.69) is 17.1 Å². The quantitative estimate of drug-likeness (QED) is 0.493. The van der Waals surface area contributed by atoms with Gasteiger partial charge in [0.2, 0.25) is 0 Å². The summed E-state index contributed by atoms with van der Waals surface area (Å²) < 4.78 is 0. The van der Waals surface area contributed by atoms with Crippen molar-refractivity contribution in [3.8, 4) is 0 Å². The number of aliphatic imine (C=N–C) groups is 1. The summed E-state index contributed by atoms with van der Waals surface area (Å²) in [4.78, 5) is 4.83. The Kier molecular flexibility index (Phi) is 4.55. The molecule has 1 fully saturated rings. The molecule has 1 aromatic rings. The minimum absolute atomic E-state index is 0.0793. The molecule has 0 aliphatic heterocycles. The van der Waals surface area contributed by atoms with Crippen molar-refractivity contribution in [2.45, 2.75) is 38.6 Å². The van der Waals surface area contributed by atoms with Gasteiger partial charge in [-0.2, -0.15) is 5.10 Å². The lowest BCUT2D eigenvalue weighted by molar-refractivity contribution is 0.333. The van der Waals surface area contributed by atoms with Crippen molar-refractivity contribution in [3.63, 3.8) is 0 Å². The van der Waals surface area contributed by atoms with E-state index in [-0.39, 0.29) is 11.9 Å². The molecule has 0 bridgehead atoms. The maximum Gasteiger partial charge on any atom is 0.126 e. The maximum atomic E-state index is 7.67. The van der Waals surface area contributed by atoms with Gasteiger partial charge in [0.05, 0.1) is 23.0 Å². The molecule has 0 amide bonds. The fourth-order valence-corrected chi connectivity index (χ4v) is 2.62. The van der Waals surface area contributed by atoms with Crippen LogP contribution in [0.25, 0.3) is 0 Å². The van der Waals surface area contributed by atoms with E-state index in [1.165, 1.54) is 25.5 Å². The van der Waals surface area contributed by atoms with Crippen molar-refractivity contribution < 1.29 is 0 Å². The number of aromatic amines is 1. The first-order valence-electron chi connectivity index (χ1n) is 6.97. The van der Waals surface area contributed by atoms with Crippen molar-refractivity contribution in [3.05, 3.63) is 29.7 Å². The van der Waals surface area contributed by atoms with Crippen LogP contribution in [0.1, 0.15) is 38.3 Å². The second kappa shape index (κ2) is 6.36. The zero-order valence-corrected chi connectivity index (χ0v) is 11.8. The third-order valence-electron chi connectivity index (χ3n) is 3.83. The zero-order chi connectivity index (χ0) is 14.5. The number of rotatable bonds is 4. The number of nitrogens with one attached hydrogen (secondary N) is 2. The molecule has 108 valence electrons. The number of nitrogens with zero attached hydrogens (tertiary/aromatic N) is 2. The van der Waals surface area contributed by atoms with E-state index < -0.39 is 0 Å². The van der Waals surface area contributed by atoms with E-state index in [1.54, 1.807) is 6.20 Å². The van der Waals surface area contributed by atoms with Gasteiger partial charge in [-0.25, -0.2) is 0 Å². The van der Waals surface area contributed by atoms with Crippen LogP contribution in [0, 0.1) is 11.3 Å². The Balaban J connectivity index is 2.38. The van der Waals surface area contributed by atoms with Crippen LogP contribution in [0.15, 0.2) is 29.0 Å². The minimum atomic E-state index is -0.0793. The number of hydrogen-bond acceptors (Lipinski definition) is 4. The van der Waals surface area contributed by atoms with Crippen molar-refractivity contribution in [1.82, 2.24) is 10.2 Å². The first-order chi connectivity index (χ1) is 9.63. The molecular weight excluding hydrogens is 252 g/mol. The predicted octanol–water partition coefficient (Wildman–Crippen LogP) is 1.56. The predicted molar refractivity (Wildman–Crippen MR) is 80.7 cm³/mol. The topological polar surface area (TPSA) is 117 Å². The van der Waals surface area contributed by atoms with Crippen LogP contribution in [0.4, 0.5) is 0 Å². The number of nitrogens with two attached hydrogens (primary N) is 2. The van der Waals surface area contributed by atoms with E-state index in [0.29, 0.717) is 17.2 Å². The van der Waals surface area contributed by atoms with Crippen LogP contribution in [-0.2, 0) is 0 Å². The molecule has 1 heterocycles. The van der Waals surface area contributed by atoms with Gasteiger partial charge >= 0.3 is 0 Å². The number of aromatic nitrogens is 2. The van der Waals surface area contributed by atoms with Crippen molar-refractivity contribution >= 4 is 11.5 Å². The fraction of sp³-hybridized carbons (Fsp3) is 0.500. The molecule has 0 radical (unpaired) electrons. The Labute approximate surface area is 118 Å². The van der Waals surface area contributed by atoms with Crippen LogP contribution in [0.5, 0.6) is 0 Å². The van der Waals surface area contributed by atoms with Gasteiger partial charge in [-0.1, -0.05) is 19.8 Å². The van der Waals surface area contributed by atoms with Crippen molar-refractivity contribution in [1.29, 1.82) is 5.41 Å². The number of amidine groups is 1. The molecule has 1 aliphatic rings. The molecular formula is C14H22N6. The van der Waals surface area contributed by atoms with Crippen LogP contribution in [-0.4, -0.2) is 27.8 Å². The van der Waals surface area contributed by atoms with Gasteiger partial charge in [0.1, 0.15) is 5.84 Å². The van der Waals surface area contributed by atoms with E-state index in [9.17, 15) is 0 Å². The summed E-state index contributed by atoms with van der Waals surface area (Å²) in [6.45, 7) is 2.22. The van der Waals surface area contributed by atoms with Gasteiger partial charge in [0, 0.05) is 12.4 Å². The molecule has 6 nitrogen and oxygen atoms in total. The van der Waals surface area contributed by atoms with Crippen molar-refractivity contribution in [2.75, 3.05) is 0 Å². The van der Waals surface area contributed by atoms with Gasteiger partial charge in [-0.15, -0.1) is 0 Å². The summed E-state index contributed by atoms with van der Waals surface area (Å²) in [5, 5.41) is 14.5. The molecule has 2 rings (SSSR count). The molecule has 2 atom stereocenters. The molecule has 6 heteroatoms.